The first-order valence-electron chi connectivity index (χ1n) is 9.85. The predicted octanol–water partition coefficient (Wildman–Crippen LogP) is 5.33. The molecule has 0 radical (unpaired) electrons. The van der Waals surface area contributed by atoms with Crippen LogP contribution >= 0.6 is 27.7 Å². The Bertz CT molecular complexity index is 1380. The molecule has 0 aliphatic carbocycles. The maximum absolute atomic E-state index is 14.2. The van der Waals surface area contributed by atoms with Crippen LogP contribution < -0.4 is 5.73 Å². The summed E-state index contributed by atoms with van der Waals surface area (Å²) in [4.78, 5) is 12.9. The molecule has 1 aliphatic heterocycles. The van der Waals surface area contributed by atoms with Crippen molar-refractivity contribution in [1.82, 2.24) is 19.5 Å². The molecule has 1 atom stereocenters. The number of benzene rings is 2. The van der Waals surface area contributed by atoms with Crippen LogP contribution in [0.2, 0.25) is 0 Å². The average molecular weight is 532 g/mol. The Morgan fingerprint density at radius 1 is 1.12 bits per heavy atom. The van der Waals surface area contributed by atoms with Crippen LogP contribution in [0.1, 0.15) is 17.4 Å². The monoisotopic (exact) mass is 531 g/mol. The largest absolute Gasteiger partial charge is 0.454 e. The average Bonchev–Trinajstić information content (AvgIpc) is 3.41. The van der Waals surface area contributed by atoms with Gasteiger partial charge in [-0.1, -0.05) is 46.3 Å². The zero-order valence-corrected chi connectivity index (χ0v) is 19.3. The molecule has 33 heavy (non-hydrogen) atoms. The minimum absolute atomic E-state index is 0.223. The van der Waals surface area contributed by atoms with Crippen molar-refractivity contribution >= 4 is 44.7 Å². The van der Waals surface area contributed by atoms with E-state index in [1.807, 2.05) is 24.3 Å². The van der Waals surface area contributed by atoms with Crippen molar-refractivity contribution in [3.8, 4) is 0 Å². The molecular weight excluding hydrogens is 516 g/mol. The van der Waals surface area contributed by atoms with Crippen LogP contribution in [-0.2, 0) is 22.4 Å². The minimum atomic E-state index is -0.885. The highest BCUT2D eigenvalue weighted by Gasteiger charge is 2.26. The summed E-state index contributed by atoms with van der Waals surface area (Å²) in [6.45, 7) is 0.289. The summed E-state index contributed by atoms with van der Waals surface area (Å²) in [7, 11) is 0. The number of aryl methyl sites for hydroxylation is 2. The van der Waals surface area contributed by atoms with Gasteiger partial charge in [-0.05, 0) is 35.9 Å². The Morgan fingerprint density at radius 3 is 2.82 bits per heavy atom. The van der Waals surface area contributed by atoms with Crippen molar-refractivity contribution in [2.75, 3.05) is 5.73 Å². The van der Waals surface area contributed by atoms with Gasteiger partial charge in [0.1, 0.15) is 12.6 Å². The molecule has 0 saturated heterocycles. The quantitative estimate of drug-likeness (QED) is 0.359. The third-order valence-electron chi connectivity index (χ3n) is 5.02. The molecule has 0 bridgehead atoms. The highest BCUT2D eigenvalue weighted by Crippen LogP contribution is 2.40. The molecule has 1 unspecified atom stereocenters. The summed E-state index contributed by atoms with van der Waals surface area (Å²) < 4.78 is 42.1. The second-order valence-corrected chi connectivity index (χ2v) is 8.91. The lowest BCUT2D eigenvalue weighted by molar-refractivity contribution is -0.0278. The summed E-state index contributed by atoms with van der Waals surface area (Å²) in [6.07, 6.45) is 2.47. The van der Waals surface area contributed by atoms with E-state index in [0.717, 1.165) is 16.1 Å². The van der Waals surface area contributed by atoms with Crippen molar-refractivity contribution in [3.05, 3.63) is 87.4 Å². The highest BCUT2D eigenvalue weighted by molar-refractivity contribution is 9.10. The van der Waals surface area contributed by atoms with E-state index in [-0.39, 0.29) is 24.3 Å². The molecule has 2 N–H and O–H groups in total. The second kappa shape index (κ2) is 8.99. The van der Waals surface area contributed by atoms with Crippen LogP contribution in [0.15, 0.2) is 69.8 Å². The van der Waals surface area contributed by atoms with Crippen LogP contribution in [-0.4, -0.2) is 19.5 Å². The Hall–Kier alpha value is -3.18. The Kier molecular flexibility index (Phi) is 5.90. The first-order chi connectivity index (χ1) is 16.0. The lowest BCUT2D eigenvalue weighted by Gasteiger charge is -2.13. The molecule has 168 valence electrons. The van der Waals surface area contributed by atoms with Gasteiger partial charge in [-0.3, -0.25) is 0 Å². The summed E-state index contributed by atoms with van der Waals surface area (Å²) >= 11 is 4.71. The molecular formula is C22H16BrF2N5O2S. The van der Waals surface area contributed by atoms with Gasteiger partial charge < -0.3 is 19.8 Å². The number of hydrogen-bond acceptors (Lipinski definition) is 7. The number of nitrogens with zero attached hydrogens (tertiary/aromatic N) is 4. The number of nitrogens with two attached hydrogens (primary N) is 1. The Morgan fingerprint density at radius 2 is 1.97 bits per heavy atom. The number of anilines is 1. The topological polar surface area (TPSA) is 88.1 Å². The number of hydrogen-bond donors (Lipinski definition) is 1. The van der Waals surface area contributed by atoms with Crippen LogP contribution in [0.3, 0.4) is 0 Å². The summed E-state index contributed by atoms with van der Waals surface area (Å²) in [5.74, 6) is -1.53. The molecule has 3 heterocycles. The van der Waals surface area contributed by atoms with E-state index in [1.165, 1.54) is 30.4 Å². The molecule has 0 amide bonds. The molecule has 1 aliphatic rings. The van der Waals surface area contributed by atoms with E-state index in [9.17, 15) is 8.78 Å². The number of thioether (sulfide) groups is 1. The van der Waals surface area contributed by atoms with Gasteiger partial charge in [-0.25, -0.2) is 23.7 Å². The fraction of sp³-hybridized carbons (Fsp3) is 0.136. The van der Waals surface area contributed by atoms with Crippen LogP contribution in [0, 0.1) is 11.6 Å². The molecule has 0 fully saturated rings. The molecule has 5 rings (SSSR count). The molecule has 4 aromatic rings. The number of rotatable bonds is 6. The van der Waals surface area contributed by atoms with Gasteiger partial charge in [0.05, 0.1) is 0 Å². The van der Waals surface area contributed by atoms with Gasteiger partial charge in [0.25, 0.3) is 6.29 Å². The maximum Gasteiger partial charge on any atom is 0.268 e. The number of ether oxygens (including phenoxy) is 2. The van der Waals surface area contributed by atoms with E-state index >= 15 is 0 Å². The second-order valence-electron chi connectivity index (χ2n) is 7.09. The van der Waals surface area contributed by atoms with E-state index in [2.05, 4.69) is 30.9 Å². The van der Waals surface area contributed by atoms with E-state index in [1.54, 1.807) is 10.6 Å². The zero-order valence-electron chi connectivity index (χ0n) is 16.9. The fourth-order valence-electron chi connectivity index (χ4n) is 3.41. The third kappa shape index (κ3) is 4.25. The van der Waals surface area contributed by atoms with Crippen molar-refractivity contribution in [2.24, 2.45) is 0 Å². The number of nitrogen functional groups attached to an aromatic ring is 1. The van der Waals surface area contributed by atoms with Gasteiger partial charge in [-0.2, -0.15) is 0 Å². The highest BCUT2D eigenvalue weighted by atomic mass is 79.9. The summed E-state index contributed by atoms with van der Waals surface area (Å²) in [5, 5.41) is 0.993. The lowest BCUT2D eigenvalue weighted by atomic mass is 10.1. The van der Waals surface area contributed by atoms with Crippen LogP contribution in [0.5, 0.6) is 0 Å². The van der Waals surface area contributed by atoms with Crippen molar-refractivity contribution in [1.29, 1.82) is 0 Å². The first kappa shape index (κ1) is 21.7. The number of imidazole rings is 1. The molecule has 0 spiro atoms. The third-order valence-corrected chi connectivity index (χ3v) is 6.63. The Balaban J connectivity index is 1.42. The van der Waals surface area contributed by atoms with E-state index < -0.39 is 17.9 Å². The fourth-order valence-corrected chi connectivity index (χ4v) is 4.72. The standard InChI is InChI=1S/C22H16BrF2N5O2S/c23-14-6-2-1-5-13(14)21-31-10-16(32-21)33-22-29-18-19(26)27-11-28-20(18)30(22)9-8-12-4-3-7-15(24)17(12)25/h1-7,10-11,21H,8-9H2,(H2,26,27,28). The number of aromatic nitrogens is 4. The van der Waals surface area contributed by atoms with Crippen molar-refractivity contribution < 1.29 is 18.3 Å². The van der Waals surface area contributed by atoms with E-state index in [4.69, 9.17) is 15.2 Å². The first-order valence-corrected chi connectivity index (χ1v) is 11.5. The van der Waals surface area contributed by atoms with Gasteiger partial charge in [0.2, 0.25) is 5.09 Å². The lowest BCUT2D eigenvalue weighted by Crippen LogP contribution is -2.06. The molecule has 2 aromatic heterocycles. The van der Waals surface area contributed by atoms with Gasteiger partial charge in [-0.15, -0.1) is 0 Å². The van der Waals surface area contributed by atoms with Crippen molar-refractivity contribution in [3.63, 3.8) is 0 Å². The maximum atomic E-state index is 14.2. The number of fused-ring (bicyclic) bond motifs is 1. The summed E-state index contributed by atoms with van der Waals surface area (Å²) in [6, 6.07) is 11.7. The molecule has 0 saturated carbocycles. The molecule has 2 aromatic carbocycles. The van der Waals surface area contributed by atoms with Gasteiger partial charge >= 0.3 is 0 Å². The normalized spacial score (nSPS) is 15.4. The van der Waals surface area contributed by atoms with Crippen molar-refractivity contribution in [2.45, 2.75) is 24.4 Å². The number of halogens is 3. The minimum Gasteiger partial charge on any atom is -0.454 e. The van der Waals surface area contributed by atoms with Crippen LogP contribution in [0.25, 0.3) is 11.2 Å². The molecule has 7 nitrogen and oxygen atoms in total. The predicted molar refractivity (Wildman–Crippen MR) is 123 cm³/mol. The smallest absolute Gasteiger partial charge is 0.268 e. The Labute approximate surface area is 199 Å². The zero-order chi connectivity index (χ0) is 22.9. The van der Waals surface area contributed by atoms with Gasteiger partial charge in [0.15, 0.2) is 33.8 Å². The summed E-state index contributed by atoms with van der Waals surface area (Å²) in [5.41, 5.74) is 7.99. The van der Waals surface area contributed by atoms with Crippen LogP contribution in [0.4, 0.5) is 14.6 Å². The molecule has 11 heteroatoms. The van der Waals surface area contributed by atoms with E-state index in [0.29, 0.717) is 21.4 Å². The van der Waals surface area contributed by atoms with Gasteiger partial charge in [0, 0.05) is 16.6 Å². The SMILES string of the molecule is Nc1ncnc2c1nc(SC1=COC(c3ccccc3Br)O1)n2CCc1cccc(F)c1F.